The van der Waals surface area contributed by atoms with Crippen LogP contribution in [0, 0.1) is 10.1 Å². The van der Waals surface area contributed by atoms with Gasteiger partial charge in [0, 0.05) is 0 Å². The van der Waals surface area contributed by atoms with Gasteiger partial charge in [-0.25, -0.2) is 9.79 Å². The van der Waals surface area contributed by atoms with Crippen LogP contribution in [0.3, 0.4) is 0 Å². The third-order valence-corrected chi connectivity index (χ3v) is 7.42. The Hall–Kier alpha value is -4.25. The Kier molecular flexibility index (Phi) is 6.62. The standard InChI is InChI=1S/C27H25N3O7S/c1-5-35-26(32)23-15(4)28-27-29(24(23)17-8-6-16(7-9-17)14(2)3)25(31)22(38-27)11-18-10-20-21(37-13-36-20)12-19(18)30(33)34/h6-12,14,24H,5,13H2,1-4H3/b22-11-/t24-/m0/s1. The van der Waals surface area contributed by atoms with Crippen molar-refractivity contribution in [1.29, 1.82) is 0 Å². The molecule has 3 aromatic rings. The molecule has 0 unspecified atom stereocenters. The molecule has 0 saturated heterocycles. The van der Waals surface area contributed by atoms with E-state index < -0.39 is 22.5 Å². The van der Waals surface area contributed by atoms with E-state index in [1.807, 2.05) is 24.3 Å². The number of nitro groups is 1. The minimum atomic E-state index is -0.764. The number of hydrogen-bond donors (Lipinski definition) is 0. The van der Waals surface area contributed by atoms with Crippen molar-refractivity contribution >= 4 is 29.1 Å². The number of thiazole rings is 1. The lowest BCUT2D eigenvalue weighted by Crippen LogP contribution is -2.40. The molecule has 2 aliphatic rings. The number of nitrogens with zero attached hydrogens (tertiary/aromatic N) is 3. The lowest BCUT2D eigenvalue weighted by molar-refractivity contribution is -0.385. The fraction of sp³-hybridized carbons (Fsp3) is 0.296. The summed E-state index contributed by atoms with van der Waals surface area (Å²) >= 11 is 1.10. The first-order chi connectivity index (χ1) is 18.2. The van der Waals surface area contributed by atoms with Crippen molar-refractivity contribution in [1.82, 2.24) is 4.57 Å². The summed E-state index contributed by atoms with van der Waals surface area (Å²) in [5.41, 5.74) is 2.13. The number of allylic oxidation sites excluding steroid dienone is 1. The largest absolute Gasteiger partial charge is 0.463 e. The molecule has 11 heteroatoms. The van der Waals surface area contributed by atoms with Crippen LogP contribution in [-0.4, -0.2) is 28.9 Å². The van der Waals surface area contributed by atoms with Crippen molar-refractivity contribution in [2.45, 2.75) is 39.7 Å². The first-order valence-corrected chi connectivity index (χ1v) is 12.9. The first kappa shape index (κ1) is 25.4. The van der Waals surface area contributed by atoms with Gasteiger partial charge in [0.15, 0.2) is 16.3 Å². The van der Waals surface area contributed by atoms with Gasteiger partial charge in [-0.1, -0.05) is 49.4 Å². The van der Waals surface area contributed by atoms with Gasteiger partial charge < -0.3 is 14.2 Å². The molecule has 3 heterocycles. The van der Waals surface area contributed by atoms with Gasteiger partial charge in [0.1, 0.15) is 0 Å². The van der Waals surface area contributed by atoms with Crippen LogP contribution >= 0.6 is 11.3 Å². The lowest BCUT2D eigenvalue weighted by atomic mass is 9.93. The Bertz CT molecular complexity index is 1670. The zero-order valence-corrected chi connectivity index (χ0v) is 22.0. The summed E-state index contributed by atoms with van der Waals surface area (Å²) in [5, 5.41) is 11.8. The molecule has 196 valence electrons. The minimum Gasteiger partial charge on any atom is -0.463 e. The third-order valence-electron chi connectivity index (χ3n) is 6.44. The van der Waals surface area contributed by atoms with Crippen LogP contribution in [0.15, 0.2) is 57.5 Å². The second kappa shape index (κ2) is 9.90. The topological polar surface area (TPSA) is 122 Å². The molecule has 0 radical (unpaired) electrons. The summed E-state index contributed by atoms with van der Waals surface area (Å²) in [6, 6.07) is 9.76. The van der Waals surface area contributed by atoms with E-state index in [1.54, 1.807) is 13.8 Å². The van der Waals surface area contributed by atoms with Crippen molar-refractivity contribution in [2.75, 3.05) is 13.4 Å². The van der Waals surface area contributed by atoms with E-state index >= 15 is 0 Å². The van der Waals surface area contributed by atoms with Crippen molar-refractivity contribution in [3.63, 3.8) is 0 Å². The number of fused-ring (bicyclic) bond motifs is 2. The van der Waals surface area contributed by atoms with Gasteiger partial charge in [-0.15, -0.1) is 0 Å². The Morgan fingerprint density at radius 2 is 1.95 bits per heavy atom. The number of carbonyl (C=O) groups is 1. The van der Waals surface area contributed by atoms with Gasteiger partial charge in [-0.3, -0.25) is 19.5 Å². The highest BCUT2D eigenvalue weighted by Gasteiger charge is 2.33. The Balaban J connectivity index is 1.72. The SMILES string of the molecule is CCOC(=O)C1=C(C)N=c2s/c(=C\c3cc4c(cc3[N+](=O)[O-])OCO4)c(=O)n2[C@H]1c1ccc(C(C)C)cc1. The van der Waals surface area contributed by atoms with Gasteiger partial charge in [0.2, 0.25) is 6.79 Å². The second-order valence-corrected chi connectivity index (χ2v) is 10.2. The summed E-state index contributed by atoms with van der Waals surface area (Å²) in [6.45, 7) is 7.73. The quantitative estimate of drug-likeness (QED) is 0.269. The Labute approximate surface area is 221 Å². The number of aromatic nitrogens is 1. The predicted octanol–water partition coefficient (Wildman–Crippen LogP) is 3.56. The van der Waals surface area contributed by atoms with Crippen molar-refractivity contribution < 1.29 is 23.9 Å². The molecule has 0 aliphatic carbocycles. The fourth-order valence-corrected chi connectivity index (χ4v) is 5.57. The van der Waals surface area contributed by atoms with Crippen LogP contribution in [0.1, 0.15) is 56.3 Å². The molecule has 0 N–H and O–H groups in total. The van der Waals surface area contributed by atoms with Crippen LogP contribution < -0.4 is 24.4 Å². The van der Waals surface area contributed by atoms with E-state index in [4.69, 9.17) is 14.2 Å². The number of benzene rings is 2. The van der Waals surface area contributed by atoms with Crippen LogP contribution in [-0.2, 0) is 9.53 Å². The Morgan fingerprint density at radius 3 is 2.58 bits per heavy atom. The molecule has 5 rings (SSSR count). The zero-order valence-electron chi connectivity index (χ0n) is 21.2. The normalized spacial score (nSPS) is 16.4. The van der Waals surface area contributed by atoms with E-state index in [9.17, 15) is 19.7 Å². The summed E-state index contributed by atoms with van der Waals surface area (Å²) < 4.78 is 17.7. The van der Waals surface area contributed by atoms with Gasteiger partial charge in [-0.2, -0.15) is 0 Å². The summed E-state index contributed by atoms with van der Waals surface area (Å²) in [5.74, 6) is 0.394. The maximum atomic E-state index is 13.8. The summed E-state index contributed by atoms with van der Waals surface area (Å²) in [4.78, 5) is 43.0. The van der Waals surface area contributed by atoms with Crippen molar-refractivity contribution in [2.24, 2.45) is 4.99 Å². The van der Waals surface area contributed by atoms with Crippen molar-refractivity contribution in [3.05, 3.63) is 94.2 Å². The van der Waals surface area contributed by atoms with Crippen LogP contribution in [0.5, 0.6) is 11.5 Å². The number of nitro benzene ring substituents is 1. The monoisotopic (exact) mass is 535 g/mol. The summed E-state index contributed by atoms with van der Waals surface area (Å²) in [7, 11) is 0. The molecule has 1 atom stereocenters. The molecule has 0 spiro atoms. The molecule has 0 saturated carbocycles. The van der Waals surface area contributed by atoms with E-state index in [2.05, 4.69) is 18.8 Å². The highest BCUT2D eigenvalue weighted by atomic mass is 32.1. The van der Waals surface area contributed by atoms with Crippen LogP contribution in [0.4, 0.5) is 5.69 Å². The summed E-state index contributed by atoms with van der Waals surface area (Å²) in [6.07, 6.45) is 1.45. The molecule has 38 heavy (non-hydrogen) atoms. The number of hydrogen-bond acceptors (Lipinski definition) is 9. The smallest absolute Gasteiger partial charge is 0.338 e. The average Bonchev–Trinajstić information content (AvgIpc) is 3.46. The molecule has 2 aromatic carbocycles. The van der Waals surface area contributed by atoms with Crippen LogP contribution in [0.25, 0.3) is 6.08 Å². The molecule has 10 nitrogen and oxygen atoms in total. The lowest BCUT2D eigenvalue weighted by Gasteiger charge is -2.25. The maximum absolute atomic E-state index is 13.8. The highest BCUT2D eigenvalue weighted by Crippen LogP contribution is 2.38. The molecular formula is C27H25N3O7S. The third kappa shape index (κ3) is 4.38. The van der Waals surface area contributed by atoms with E-state index in [-0.39, 0.29) is 40.5 Å². The molecule has 1 aromatic heterocycles. The molecule has 0 bridgehead atoms. The van der Waals surface area contributed by atoms with Gasteiger partial charge >= 0.3 is 5.97 Å². The second-order valence-electron chi connectivity index (χ2n) is 9.15. The number of ether oxygens (including phenoxy) is 3. The Morgan fingerprint density at radius 1 is 1.26 bits per heavy atom. The van der Waals surface area contributed by atoms with E-state index in [1.165, 1.54) is 22.8 Å². The fourth-order valence-electron chi connectivity index (χ4n) is 4.53. The molecular weight excluding hydrogens is 510 g/mol. The number of rotatable bonds is 6. The maximum Gasteiger partial charge on any atom is 0.338 e. The molecule has 0 fully saturated rings. The van der Waals surface area contributed by atoms with Crippen molar-refractivity contribution in [3.8, 4) is 11.5 Å². The zero-order chi connectivity index (χ0) is 27.1. The van der Waals surface area contributed by atoms with Gasteiger partial charge in [-0.05, 0) is 43.0 Å². The number of esters is 1. The molecule has 2 aliphatic heterocycles. The predicted molar refractivity (Wildman–Crippen MR) is 140 cm³/mol. The van der Waals surface area contributed by atoms with E-state index in [0.29, 0.717) is 22.2 Å². The van der Waals surface area contributed by atoms with Crippen LogP contribution in [0.2, 0.25) is 0 Å². The minimum absolute atomic E-state index is 0.0381. The number of carbonyl (C=O) groups excluding carboxylic acids is 1. The highest BCUT2D eigenvalue weighted by molar-refractivity contribution is 7.07. The average molecular weight is 536 g/mol. The first-order valence-electron chi connectivity index (χ1n) is 12.1. The van der Waals surface area contributed by atoms with Gasteiger partial charge in [0.05, 0.1) is 45.0 Å². The molecule has 0 amide bonds. The van der Waals surface area contributed by atoms with E-state index in [0.717, 1.165) is 22.5 Å². The van der Waals surface area contributed by atoms with Gasteiger partial charge in [0.25, 0.3) is 11.2 Å².